The highest BCUT2D eigenvalue weighted by Crippen LogP contribution is 2.44. The van der Waals surface area contributed by atoms with Crippen LogP contribution in [0.4, 0.5) is 0 Å². The van der Waals surface area contributed by atoms with Crippen molar-refractivity contribution < 1.29 is 0 Å². The van der Waals surface area contributed by atoms with E-state index in [9.17, 15) is 0 Å². The molecule has 0 N–H and O–H groups in total. The second-order valence-corrected chi connectivity index (χ2v) is 14.0. The number of pyridine rings is 3. The van der Waals surface area contributed by atoms with Crippen molar-refractivity contribution in [1.29, 1.82) is 0 Å². The van der Waals surface area contributed by atoms with Gasteiger partial charge in [-0.15, -0.1) is 0 Å². The van der Waals surface area contributed by atoms with Crippen LogP contribution in [0.15, 0.2) is 195 Å². The molecular weight excluding hydrogens is 669 g/mol. The summed E-state index contributed by atoms with van der Waals surface area (Å²) in [5, 5.41) is 9.69. The summed E-state index contributed by atoms with van der Waals surface area (Å²) in [5.41, 5.74) is 10.9. The molecule has 0 spiro atoms. The number of hydrogen-bond donors (Lipinski definition) is 0. The molecule has 4 heteroatoms. The summed E-state index contributed by atoms with van der Waals surface area (Å²) in [6.45, 7) is 0. The van der Waals surface area contributed by atoms with Crippen molar-refractivity contribution >= 4 is 54.1 Å². The van der Waals surface area contributed by atoms with E-state index in [0.29, 0.717) is 0 Å². The fourth-order valence-electron chi connectivity index (χ4n) is 8.49. The van der Waals surface area contributed by atoms with Crippen molar-refractivity contribution in [3.63, 3.8) is 0 Å². The number of para-hydroxylation sites is 1. The van der Waals surface area contributed by atoms with Crippen molar-refractivity contribution in [3.05, 3.63) is 195 Å². The Balaban J connectivity index is 1.04. The van der Waals surface area contributed by atoms with E-state index in [0.717, 1.165) is 50.1 Å². The van der Waals surface area contributed by atoms with E-state index in [-0.39, 0.29) is 0 Å². The van der Waals surface area contributed by atoms with Gasteiger partial charge in [0.1, 0.15) is 5.82 Å². The minimum atomic E-state index is 0.859. The van der Waals surface area contributed by atoms with E-state index in [4.69, 9.17) is 9.97 Å². The molecule has 7 aromatic carbocycles. The molecule has 0 amide bonds. The molecule has 11 rings (SSSR count). The summed E-state index contributed by atoms with van der Waals surface area (Å²) < 4.78 is 2.25. The molecule has 256 valence electrons. The first-order valence-corrected chi connectivity index (χ1v) is 18.6. The molecule has 11 aromatic rings. The van der Waals surface area contributed by atoms with Crippen LogP contribution in [0.1, 0.15) is 0 Å². The first kappa shape index (κ1) is 31.1. The van der Waals surface area contributed by atoms with Crippen LogP contribution in [0.2, 0.25) is 0 Å². The summed E-state index contributed by atoms with van der Waals surface area (Å²) in [6, 6.07) is 62.9. The summed E-state index contributed by atoms with van der Waals surface area (Å²) in [6.07, 6.45) is 5.55. The first-order chi connectivity index (χ1) is 27.3. The largest absolute Gasteiger partial charge is 0.294 e. The summed E-state index contributed by atoms with van der Waals surface area (Å²) in [4.78, 5) is 14.5. The van der Waals surface area contributed by atoms with Gasteiger partial charge in [0.05, 0.1) is 22.4 Å². The lowest BCUT2D eigenvalue weighted by Crippen LogP contribution is -1.98. The smallest absolute Gasteiger partial charge is 0.138 e. The van der Waals surface area contributed by atoms with Crippen molar-refractivity contribution in [2.75, 3.05) is 0 Å². The second kappa shape index (κ2) is 12.6. The predicted molar refractivity (Wildman–Crippen MR) is 228 cm³/mol. The Morgan fingerprint density at radius 1 is 0.400 bits per heavy atom. The quantitative estimate of drug-likeness (QED) is 0.168. The van der Waals surface area contributed by atoms with Crippen molar-refractivity contribution in [1.82, 2.24) is 19.5 Å². The Kier molecular flexibility index (Phi) is 7.14. The van der Waals surface area contributed by atoms with Gasteiger partial charge in [0.25, 0.3) is 0 Å². The Morgan fingerprint density at radius 3 is 1.76 bits per heavy atom. The second-order valence-electron chi connectivity index (χ2n) is 14.0. The lowest BCUT2D eigenvalue weighted by atomic mass is 9.85. The lowest BCUT2D eigenvalue weighted by Gasteiger charge is -2.18. The SMILES string of the molecule is c1cncc(-c2nccc3c2c2ccccc2n3-c2cccc(-c3ccc(-c4c5ccccc5c(-c5ccc6ccccc6c5)c5ccccc45)cc3)n2)c1. The van der Waals surface area contributed by atoms with Gasteiger partial charge in [0.2, 0.25) is 0 Å². The van der Waals surface area contributed by atoms with Gasteiger partial charge in [-0.3, -0.25) is 14.5 Å². The number of hydrogen-bond acceptors (Lipinski definition) is 3. The predicted octanol–water partition coefficient (Wildman–Crippen LogP) is 13.1. The Bertz CT molecular complexity index is 3200. The first-order valence-electron chi connectivity index (χ1n) is 18.6. The molecule has 0 aliphatic carbocycles. The molecule has 0 fully saturated rings. The standard InChI is InChI=1S/C51H32N4/c1-2-12-36-31-37(27-22-33(36)11-1)49-41-16-5-3-14-39(41)48(40-15-4-6-17-42(40)49)35-25-23-34(24-26-35)44-19-9-21-47(54-44)55-45-20-8-7-18-43(45)50-46(55)28-30-53-51(50)38-13-10-29-52-32-38/h1-32H. The zero-order valence-electron chi connectivity index (χ0n) is 29.8. The van der Waals surface area contributed by atoms with E-state index in [1.807, 2.05) is 18.5 Å². The average Bonchev–Trinajstić information content (AvgIpc) is 3.60. The van der Waals surface area contributed by atoms with Crippen LogP contribution in [-0.4, -0.2) is 19.5 Å². The fraction of sp³-hybridized carbons (Fsp3) is 0. The maximum atomic E-state index is 5.29. The Morgan fingerprint density at radius 2 is 1.04 bits per heavy atom. The van der Waals surface area contributed by atoms with Crippen LogP contribution in [0, 0.1) is 0 Å². The van der Waals surface area contributed by atoms with Crippen LogP contribution < -0.4 is 0 Å². The monoisotopic (exact) mass is 700 g/mol. The average molecular weight is 701 g/mol. The van der Waals surface area contributed by atoms with E-state index < -0.39 is 0 Å². The minimum absolute atomic E-state index is 0.859. The van der Waals surface area contributed by atoms with Gasteiger partial charge in [0.15, 0.2) is 0 Å². The van der Waals surface area contributed by atoms with Gasteiger partial charge in [0, 0.05) is 40.5 Å². The molecule has 4 aromatic heterocycles. The van der Waals surface area contributed by atoms with Crippen LogP contribution >= 0.6 is 0 Å². The van der Waals surface area contributed by atoms with Crippen LogP contribution in [0.5, 0.6) is 0 Å². The molecule has 0 atom stereocenters. The van der Waals surface area contributed by atoms with Crippen LogP contribution in [0.25, 0.3) is 105 Å². The zero-order chi connectivity index (χ0) is 36.3. The lowest BCUT2D eigenvalue weighted by molar-refractivity contribution is 1.08. The third kappa shape index (κ3) is 5.03. The number of aromatic nitrogens is 4. The third-order valence-electron chi connectivity index (χ3n) is 10.9. The Hall–Kier alpha value is -7.43. The highest BCUT2D eigenvalue weighted by molar-refractivity contribution is 6.22. The molecule has 0 aliphatic rings. The van der Waals surface area contributed by atoms with Crippen molar-refractivity contribution in [2.45, 2.75) is 0 Å². The molecule has 0 bridgehead atoms. The number of fused-ring (bicyclic) bond motifs is 6. The van der Waals surface area contributed by atoms with Gasteiger partial charge in [-0.2, -0.15) is 0 Å². The molecule has 0 unspecified atom stereocenters. The van der Waals surface area contributed by atoms with Gasteiger partial charge in [-0.1, -0.05) is 133 Å². The molecule has 4 heterocycles. The van der Waals surface area contributed by atoms with Crippen LogP contribution in [0.3, 0.4) is 0 Å². The maximum absolute atomic E-state index is 5.29. The van der Waals surface area contributed by atoms with Crippen molar-refractivity contribution in [2.24, 2.45) is 0 Å². The Labute approximate surface area is 317 Å². The molecular formula is C51H32N4. The number of rotatable bonds is 5. The molecule has 0 aliphatic heterocycles. The van der Waals surface area contributed by atoms with Gasteiger partial charge in [-0.25, -0.2) is 4.98 Å². The van der Waals surface area contributed by atoms with Crippen LogP contribution in [-0.2, 0) is 0 Å². The highest BCUT2D eigenvalue weighted by Gasteiger charge is 2.19. The van der Waals surface area contributed by atoms with Gasteiger partial charge >= 0.3 is 0 Å². The zero-order valence-corrected chi connectivity index (χ0v) is 29.8. The molecule has 0 saturated heterocycles. The van der Waals surface area contributed by atoms with Gasteiger partial charge < -0.3 is 0 Å². The van der Waals surface area contributed by atoms with E-state index in [1.165, 1.54) is 54.6 Å². The topological polar surface area (TPSA) is 43.6 Å². The normalized spacial score (nSPS) is 11.6. The number of nitrogens with zero attached hydrogens (tertiary/aromatic N) is 4. The maximum Gasteiger partial charge on any atom is 0.138 e. The van der Waals surface area contributed by atoms with E-state index in [2.05, 4.69) is 179 Å². The third-order valence-corrected chi connectivity index (χ3v) is 10.9. The summed E-state index contributed by atoms with van der Waals surface area (Å²) in [5.74, 6) is 0.859. The summed E-state index contributed by atoms with van der Waals surface area (Å²) in [7, 11) is 0. The molecule has 0 radical (unpaired) electrons. The molecule has 55 heavy (non-hydrogen) atoms. The highest BCUT2D eigenvalue weighted by atomic mass is 15.1. The van der Waals surface area contributed by atoms with E-state index >= 15 is 0 Å². The molecule has 0 saturated carbocycles. The van der Waals surface area contributed by atoms with E-state index in [1.54, 1.807) is 6.20 Å². The minimum Gasteiger partial charge on any atom is -0.294 e. The fourth-order valence-corrected chi connectivity index (χ4v) is 8.49. The summed E-state index contributed by atoms with van der Waals surface area (Å²) >= 11 is 0. The molecule has 4 nitrogen and oxygen atoms in total. The van der Waals surface area contributed by atoms with Gasteiger partial charge in [-0.05, 0) is 97.0 Å². The number of benzene rings is 7. The van der Waals surface area contributed by atoms with Crippen molar-refractivity contribution in [3.8, 4) is 50.6 Å².